The van der Waals surface area contributed by atoms with Gasteiger partial charge < -0.3 is 25.0 Å². The average Bonchev–Trinajstić information content (AvgIpc) is 3.60. The largest absolute Gasteiger partial charge is 0.497 e. The van der Waals surface area contributed by atoms with Crippen LogP contribution in [0.25, 0.3) is 0 Å². The highest BCUT2D eigenvalue weighted by Gasteiger charge is 2.72. The van der Waals surface area contributed by atoms with Gasteiger partial charge in [0.05, 0.1) is 25.0 Å². The fourth-order valence-corrected chi connectivity index (χ4v) is 7.33. The van der Waals surface area contributed by atoms with E-state index in [0.717, 1.165) is 44.9 Å². The number of likely N-dealkylation sites (tertiary alicyclic amines) is 1. The summed E-state index contributed by atoms with van der Waals surface area (Å²) in [4.78, 5) is 43.4. The first kappa shape index (κ1) is 26.1. The van der Waals surface area contributed by atoms with Gasteiger partial charge >= 0.3 is 0 Å². The minimum absolute atomic E-state index is 0.122. The number of nitrogens with zero attached hydrogens (tertiary/aromatic N) is 1. The Labute approximate surface area is 230 Å². The summed E-state index contributed by atoms with van der Waals surface area (Å²) in [6.07, 6.45) is 16.1. The molecule has 2 aliphatic carbocycles. The van der Waals surface area contributed by atoms with E-state index in [-0.39, 0.29) is 23.8 Å². The molecule has 8 heteroatoms. The summed E-state index contributed by atoms with van der Waals surface area (Å²) in [6.45, 7) is 0.459. The Hall–Kier alpha value is -3.13. The number of anilines is 1. The van der Waals surface area contributed by atoms with Crippen molar-refractivity contribution in [3.63, 3.8) is 0 Å². The van der Waals surface area contributed by atoms with Crippen LogP contribution in [-0.2, 0) is 19.1 Å². The molecule has 8 nitrogen and oxygen atoms in total. The van der Waals surface area contributed by atoms with E-state index in [1.807, 2.05) is 12.2 Å². The molecule has 1 aromatic carbocycles. The lowest BCUT2D eigenvalue weighted by Crippen LogP contribution is -2.56. The first-order chi connectivity index (χ1) is 19.0. The van der Waals surface area contributed by atoms with Crippen molar-refractivity contribution in [3.05, 3.63) is 48.1 Å². The van der Waals surface area contributed by atoms with Crippen LogP contribution in [-0.4, -0.2) is 60.1 Å². The quantitative estimate of drug-likeness (QED) is 0.490. The molecule has 5 atom stereocenters. The number of benzene rings is 1. The molecule has 2 bridgehead atoms. The first-order valence-electron chi connectivity index (χ1n) is 14.6. The first-order valence-corrected chi connectivity index (χ1v) is 14.6. The molecule has 2 saturated heterocycles. The third kappa shape index (κ3) is 4.77. The molecule has 0 radical (unpaired) electrons. The number of carbonyl (C=O) groups is 3. The summed E-state index contributed by atoms with van der Waals surface area (Å²) in [5, 5.41) is 6.23. The molecule has 1 saturated carbocycles. The highest BCUT2D eigenvalue weighted by atomic mass is 16.5. The molecule has 1 spiro atoms. The molecule has 6 rings (SSSR count). The van der Waals surface area contributed by atoms with E-state index in [1.54, 1.807) is 36.3 Å². The van der Waals surface area contributed by atoms with Crippen LogP contribution in [0.15, 0.2) is 48.1 Å². The normalized spacial score (nSPS) is 31.7. The van der Waals surface area contributed by atoms with Gasteiger partial charge in [0, 0.05) is 18.3 Å². The maximum absolute atomic E-state index is 14.1. The van der Waals surface area contributed by atoms with Gasteiger partial charge in [-0.2, -0.15) is 0 Å². The van der Waals surface area contributed by atoms with Gasteiger partial charge in [0.15, 0.2) is 0 Å². The Morgan fingerprint density at radius 3 is 2.59 bits per heavy atom. The summed E-state index contributed by atoms with van der Waals surface area (Å²) in [5.74, 6) is -1.31. The maximum atomic E-state index is 14.1. The minimum atomic E-state index is -1.12. The standard InChI is InChI=1S/C31H39N3O5/c1-38-23-14-12-22(13-15-23)32-28(35)25-24-16-18-31(39-24)26(25)30(37)34(19-17-20-8-4-2-5-9-20)27(31)29(36)33-21-10-6-3-7-11-21/h8,12-16,18,21,24-27H,2-7,9-11,17,19H2,1H3,(H,32,35)(H,33,36)/t24-,25+,26-,27-,31-/m0/s1. The van der Waals surface area contributed by atoms with E-state index in [1.165, 1.54) is 24.8 Å². The van der Waals surface area contributed by atoms with Crippen molar-refractivity contribution in [2.45, 2.75) is 88.0 Å². The van der Waals surface area contributed by atoms with Crippen molar-refractivity contribution in [2.75, 3.05) is 19.0 Å². The number of hydrogen-bond acceptors (Lipinski definition) is 5. The lowest BCUT2D eigenvalue weighted by atomic mass is 9.74. The summed E-state index contributed by atoms with van der Waals surface area (Å²) in [7, 11) is 1.59. The summed E-state index contributed by atoms with van der Waals surface area (Å²) in [5.41, 5.74) is 0.855. The Morgan fingerprint density at radius 2 is 1.87 bits per heavy atom. The number of fused-ring (bicyclic) bond motifs is 1. The number of carbonyl (C=O) groups excluding carboxylic acids is 3. The Kier molecular flexibility index (Phi) is 7.23. The zero-order chi connectivity index (χ0) is 27.0. The van der Waals surface area contributed by atoms with Crippen molar-refractivity contribution in [2.24, 2.45) is 11.8 Å². The van der Waals surface area contributed by atoms with Crippen molar-refractivity contribution in [3.8, 4) is 5.75 Å². The van der Waals surface area contributed by atoms with Crippen molar-refractivity contribution < 1.29 is 23.9 Å². The van der Waals surface area contributed by atoms with Gasteiger partial charge in [-0.1, -0.05) is 43.1 Å². The number of ether oxygens (including phenoxy) is 2. The van der Waals surface area contributed by atoms with Crippen LogP contribution in [0.2, 0.25) is 0 Å². The third-order valence-corrected chi connectivity index (χ3v) is 9.29. The van der Waals surface area contributed by atoms with E-state index in [4.69, 9.17) is 9.47 Å². The van der Waals surface area contributed by atoms with Crippen LogP contribution in [0.5, 0.6) is 5.75 Å². The number of amides is 3. The SMILES string of the molecule is COc1ccc(NC(=O)[C@@H]2[C@@H]3C=C[C@]4(O3)[C@@H]2C(=O)N(CCC2=CCCCC2)[C@H]4C(=O)NC2CCCCC2)cc1. The highest BCUT2D eigenvalue weighted by Crippen LogP contribution is 2.55. The smallest absolute Gasteiger partial charge is 0.246 e. The summed E-state index contributed by atoms with van der Waals surface area (Å²) in [6, 6.07) is 6.46. The topological polar surface area (TPSA) is 97.0 Å². The number of nitrogens with one attached hydrogen (secondary N) is 2. The van der Waals surface area contributed by atoms with E-state index in [2.05, 4.69) is 16.7 Å². The summed E-state index contributed by atoms with van der Waals surface area (Å²) < 4.78 is 11.7. The van der Waals surface area contributed by atoms with Gasteiger partial charge in [-0.25, -0.2) is 0 Å². The van der Waals surface area contributed by atoms with Gasteiger partial charge in [-0.3, -0.25) is 14.4 Å². The molecule has 39 heavy (non-hydrogen) atoms. The lowest BCUT2D eigenvalue weighted by Gasteiger charge is -2.34. The number of allylic oxidation sites excluding steroid dienone is 1. The maximum Gasteiger partial charge on any atom is 0.246 e. The minimum Gasteiger partial charge on any atom is -0.497 e. The molecule has 3 heterocycles. The number of rotatable bonds is 8. The predicted octanol–water partition coefficient (Wildman–Crippen LogP) is 4.12. The zero-order valence-corrected chi connectivity index (χ0v) is 22.7. The monoisotopic (exact) mass is 533 g/mol. The van der Waals surface area contributed by atoms with Crippen LogP contribution in [0.1, 0.15) is 64.2 Å². The third-order valence-electron chi connectivity index (χ3n) is 9.29. The van der Waals surface area contributed by atoms with Crippen LogP contribution < -0.4 is 15.4 Å². The molecular weight excluding hydrogens is 494 g/mol. The van der Waals surface area contributed by atoms with Gasteiger partial charge in [0.25, 0.3) is 0 Å². The fraction of sp³-hybridized carbons (Fsp3) is 0.581. The average molecular weight is 534 g/mol. The van der Waals surface area contributed by atoms with Crippen molar-refractivity contribution in [1.82, 2.24) is 10.2 Å². The highest BCUT2D eigenvalue weighted by molar-refractivity contribution is 6.02. The van der Waals surface area contributed by atoms with Crippen LogP contribution in [0.3, 0.4) is 0 Å². The van der Waals surface area contributed by atoms with E-state index >= 15 is 0 Å². The lowest BCUT2D eigenvalue weighted by molar-refractivity contribution is -0.141. The van der Waals surface area contributed by atoms with Crippen LogP contribution >= 0.6 is 0 Å². The van der Waals surface area contributed by atoms with Crippen LogP contribution in [0, 0.1) is 11.8 Å². The molecule has 0 aromatic heterocycles. The van der Waals surface area contributed by atoms with Crippen molar-refractivity contribution >= 4 is 23.4 Å². The molecule has 3 fully saturated rings. The molecule has 5 aliphatic rings. The summed E-state index contributed by atoms with van der Waals surface area (Å²) >= 11 is 0. The molecular formula is C31H39N3O5. The second kappa shape index (κ2) is 10.8. The van der Waals surface area contributed by atoms with E-state index < -0.39 is 29.6 Å². The van der Waals surface area contributed by atoms with Gasteiger partial charge in [0.1, 0.15) is 17.4 Å². The zero-order valence-electron chi connectivity index (χ0n) is 22.7. The van der Waals surface area contributed by atoms with E-state index in [0.29, 0.717) is 18.0 Å². The number of methoxy groups -OCH3 is 1. The van der Waals surface area contributed by atoms with Gasteiger partial charge in [0.2, 0.25) is 17.7 Å². The molecule has 2 N–H and O–H groups in total. The predicted molar refractivity (Wildman–Crippen MR) is 147 cm³/mol. The molecule has 208 valence electrons. The van der Waals surface area contributed by atoms with E-state index in [9.17, 15) is 14.4 Å². The van der Waals surface area contributed by atoms with Crippen LogP contribution in [0.4, 0.5) is 5.69 Å². The molecule has 3 amide bonds. The van der Waals surface area contributed by atoms with Crippen molar-refractivity contribution in [1.29, 1.82) is 0 Å². The fourth-order valence-electron chi connectivity index (χ4n) is 7.33. The molecule has 1 aromatic rings. The Bertz CT molecular complexity index is 1170. The Balaban J connectivity index is 1.26. The number of hydrogen-bond donors (Lipinski definition) is 2. The van der Waals surface area contributed by atoms with Gasteiger partial charge in [-0.15, -0.1) is 0 Å². The van der Waals surface area contributed by atoms with Gasteiger partial charge in [-0.05, 0) is 69.2 Å². The molecule has 0 unspecified atom stereocenters. The second-order valence-corrected chi connectivity index (χ2v) is 11.7. The second-order valence-electron chi connectivity index (χ2n) is 11.7. The molecule has 3 aliphatic heterocycles. The Morgan fingerprint density at radius 1 is 1.08 bits per heavy atom.